The van der Waals surface area contributed by atoms with E-state index in [4.69, 9.17) is 0 Å². The van der Waals surface area contributed by atoms with Gasteiger partial charge in [-0.15, -0.1) is 0 Å². The van der Waals surface area contributed by atoms with E-state index in [-0.39, 0.29) is 12.4 Å². The summed E-state index contributed by atoms with van der Waals surface area (Å²) in [7, 11) is -3.68. The van der Waals surface area contributed by atoms with Crippen LogP contribution in [0.1, 0.15) is 18.3 Å². The summed E-state index contributed by atoms with van der Waals surface area (Å²) in [6.45, 7) is 4.98. The number of rotatable bonds is 3. The van der Waals surface area contributed by atoms with E-state index in [1.807, 2.05) is 29.8 Å². The van der Waals surface area contributed by atoms with Crippen LogP contribution in [0.25, 0.3) is 11.0 Å². The lowest BCUT2D eigenvalue weighted by molar-refractivity contribution is 0.390. The molecular weight excluding hydrogens is 292 g/mol. The lowest BCUT2D eigenvalue weighted by Gasteiger charge is -2.13. The molecule has 1 aromatic carbocycles. The van der Waals surface area contributed by atoms with Gasteiger partial charge in [-0.2, -0.15) is 8.42 Å². The number of aromatic nitrogens is 2. The van der Waals surface area contributed by atoms with Crippen LogP contribution in [-0.2, 0) is 23.3 Å². The highest BCUT2D eigenvalue weighted by Crippen LogP contribution is 2.21. The summed E-state index contributed by atoms with van der Waals surface area (Å²) in [6, 6.07) is 5.68. The lowest BCUT2D eigenvalue weighted by atomic mass is 10.2. The Hall–Kier alpha value is -2.22. The molecule has 7 nitrogen and oxygen atoms in total. The van der Waals surface area contributed by atoms with Gasteiger partial charge in [0.15, 0.2) is 0 Å². The van der Waals surface area contributed by atoms with Crippen LogP contribution < -0.4 is 4.72 Å². The van der Waals surface area contributed by atoms with Gasteiger partial charge in [-0.3, -0.25) is 4.31 Å². The molecule has 8 heteroatoms. The molecule has 0 radical (unpaired) electrons. The minimum Gasteiger partial charge on any atom is -0.493 e. The van der Waals surface area contributed by atoms with Gasteiger partial charge >= 0.3 is 10.2 Å². The van der Waals surface area contributed by atoms with Gasteiger partial charge in [0.25, 0.3) is 0 Å². The fourth-order valence-electron chi connectivity index (χ4n) is 2.53. The first-order valence-electron chi connectivity index (χ1n) is 6.57. The number of fused-ring (bicyclic) bond motifs is 1. The van der Waals surface area contributed by atoms with Gasteiger partial charge in [0.1, 0.15) is 5.82 Å². The molecule has 1 aliphatic rings. The summed E-state index contributed by atoms with van der Waals surface area (Å²) < 4.78 is 28.6. The quantitative estimate of drug-likeness (QED) is 0.896. The predicted molar refractivity (Wildman–Crippen MR) is 78.5 cm³/mol. The second-order valence-electron chi connectivity index (χ2n) is 4.89. The first kappa shape index (κ1) is 13.7. The highest BCUT2D eigenvalue weighted by atomic mass is 32.2. The minimum absolute atomic E-state index is 0.146. The zero-order chi connectivity index (χ0) is 15.2. The molecule has 0 aliphatic carbocycles. The molecule has 3 rings (SSSR count). The molecule has 1 aromatic heterocycles. The van der Waals surface area contributed by atoms with E-state index < -0.39 is 10.2 Å². The zero-order valence-corrected chi connectivity index (χ0v) is 12.6. The Morgan fingerprint density at radius 2 is 2.14 bits per heavy atom. The van der Waals surface area contributed by atoms with Crippen LogP contribution >= 0.6 is 0 Å². The van der Waals surface area contributed by atoms with Crippen molar-refractivity contribution in [1.29, 1.82) is 0 Å². The van der Waals surface area contributed by atoms with Gasteiger partial charge in [0.05, 0.1) is 23.8 Å². The number of hydrogen-bond acceptors (Lipinski definition) is 4. The summed E-state index contributed by atoms with van der Waals surface area (Å²) in [6.07, 6.45) is 1.16. The third kappa shape index (κ3) is 2.31. The molecule has 0 atom stereocenters. The van der Waals surface area contributed by atoms with E-state index in [0.29, 0.717) is 0 Å². The summed E-state index contributed by atoms with van der Waals surface area (Å²) in [5, 5.41) is 9.27. The Kier molecular flexibility index (Phi) is 3.05. The predicted octanol–water partition coefficient (Wildman–Crippen LogP) is 1.37. The number of benzene rings is 1. The topological polar surface area (TPSA) is 87.5 Å². The van der Waals surface area contributed by atoms with Crippen LogP contribution in [0.5, 0.6) is 0 Å². The molecule has 0 spiro atoms. The summed E-state index contributed by atoms with van der Waals surface area (Å²) in [4.78, 5) is 4.49. The van der Waals surface area contributed by atoms with Crippen LogP contribution in [0, 0.1) is 6.92 Å². The summed E-state index contributed by atoms with van der Waals surface area (Å²) >= 11 is 0. The SMILES string of the molecule is CCn1c(C)nc2cc(CN3C=C(O)NS3(=O)=O)ccc21. The average Bonchev–Trinajstić information content (AvgIpc) is 2.84. The lowest BCUT2D eigenvalue weighted by Crippen LogP contribution is -2.29. The van der Waals surface area contributed by atoms with E-state index in [2.05, 4.69) is 16.5 Å². The zero-order valence-electron chi connectivity index (χ0n) is 11.7. The van der Waals surface area contributed by atoms with Crippen LogP contribution in [-0.4, -0.2) is 27.4 Å². The van der Waals surface area contributed by atoms with Crippen molar-refractivity contribution >= 4 is 21.2 Å². The molecule has 0 saturated heterocycles. The molecule has 0 fully saturated rings. The maximum Gasteiger partial charge on any atom is 0.326 e. The number of aliphatic hydroxyl groups excluding tert-OH is 1. The molecule has 2 N–H and O–H groups in total. The highest BCUT2D eigenvalue weighted by Gasteiger charge is 2.27. The van der Waals surface area contributed by atoms with Crippen molar-refractivity contribution in [1.82, 2.24) is 18.6 Å². The van der Waals surface area contributed by atoms with E-state index in [0.717, 1.165) is 39.5 Å². The summed E-state index contributed by atoms with van der Waals surface area (Å²) in [5.74, 6) is 0.555. The van der Waals surface area contributed by atoms with E-state index in [1.165, 1.54) is 0 Å². The standard InChI is InChI=1S/C13H16N4O3S/c1-3-17-9(2)14-11-6-10(4-5-12(11)17)7-16-8-13(18)15-21(16,19)20/h4-6,8,15,18H,3,7H2,1-2H3. The van der Waals surface area contributed by atoms with Gasteiger partial charge < -0.3 is 9.67 Å². The van der Waals surface area contributed by atoms with Gasteiger partial charge in [0, 0.05) is 6.54 Å². The third-order valence-electron chi connectivity index (χ3n) is 3.47. The Morgan fingerprint density at radius 1 is 1.38 bits per heavy atom. The Bertz CT molecular complexity index is 838. The minimum atomic E-state index is -3.68. The normalized spacial score (nSPS) is 17.0. The van der Waals surface area contributed by atoms with Crippen molar-refractivity contribution < 1.29 is 13.5 Å². The number of aliphatic hydroxyl groups is 1. The van der Waals surface area contributed by atoms with Gasteiger partial charge in [0.2, 0.25) is 5.88 Å². The van der Waals surface area contributed by atoms with E-state index in [1.54, 1.807) is 0 Å². The molecule has 21 heavy (non-hydrogen) atoms. The monoisotopic (exact) mass is 308 g/mol. The van der Waals surface area contributed by atoms with Gasteiger partial charge in [-0.25, -0.2) is 9.71 Å². The van der Waals surface area contributed by atoms with Gasteiger partial charge in [-0.1, -0.05) is 6.07 Å². The van der Waals surface area contributed by atoms with Crippen molar-refractivity contribution in [2.45, 2.75) is 26.9 Å². The van der Waals surface area contributed by atoms with Crippen LogP contribution in [0.3, 0.4) is 0 Å². The Morgan fingerprint density at radius 3 is 2.76 bits per heavy atom. The van der Waals surface area contributed by atoms with Crippen molar-refractivity contribution in [2.75, 3.05) is 0 Å². The number of hydrogen-bond donors (Lipinski definition) is 2. The number of nitrogens with one attached hydrogen (secondary N) is 1. The second-order valence-corrected chi connectivity index (χ2v) is 6.52. The molecule has 0 amide bonds. The molecule has 0 bridgehead atoms. The van der Waals surface area contributed by atoms with Crippen LogP contribution in [0.4, 0.5) is 0 Å². The van der Waals surface area contributed by atoms with Crippen molar-refractivity contribution in [3.8, 4) is 0 Å². The second kappa shape index (κ2) is 4.66. The smallest absolute Gasteiger partial charge is 0.326 e. The first-order valence-corrected chi connectivity index (χ1v) is 8.01. The molecule has 112 valence electrons. The van der Waals surface area contributed by atoms with E-state index >= 15 is 0 Å². The average molecular weight is 308 g/mol. The third-order valence-corrected chi connectivity index (χ3v) is 4.79. The molecule has 0 unspecified atom stereocenters. The number of imidazole rings is 1. The van der Waals surface area contributed by atoms with Crippen LogP contribution in [0.2, 0.25) is 0 Å². The molecular formula is C13H16N4O3S. The number of nitrogens with zero attached hydrogens (tertiary/aromatic N) is 3. The molecule has 2 heterocycles. The van der Waals surface area contributed by atoms with Crippen molar-refractivity contribution in [3.63, 3.8) is 0 Å². The molecule has 2 aromatic rings. The van der Waals surface area contributed by atoms with Gasteiger partial charge in [-0.05, 0) is 31.5 Å². The molecule has 1 aliphatic heterocycles. The van der Waals surface area contributed by atoms with Crippen molar-refractivity contribution in [2.24, 2.45) is 0 Å². The maximum absolute atomic E-state index is 11.7. The first-order chi connectivity index (χ1) is 9.90. The van der Waals surface area contributed by atoms with E-state index in [9.17, 15) is 13.5 Å². The Labute approximate surface area is 122 Å². The highest BCUT2D eigenvalue weighted by molar-refractivity contribution is 7.87. The molecule has 0 saturated carbocycles. The fourth-order valence-corrected chi connectivity index (χ4v) is 3.52. The Balaban J connectivity index is 1.96. The largest absolute Gasteiger partial charge is 0.493 e. The number of aryl methyl sites for hydroxylation is 2. The maximum atomic E-state index is 11.7. The van der Waals surface area contributed by atoms with Crippen LogP contribution in [0.15, 0.2) is 30.3 Å². The summed E-state index contributed by atoms with van der Waals surface area (Å²) in [5.41, 5.74) is 2.67. The fraction of sp³-hybridized carbons (Fsp3) is 0.308. The van der Waals surface area contributed by atoms with Crippen molar-refractivity contribution in [3.05, 3.63) is 41.7 Å².